The normalized spacial score (nSPS) is 15.1. The number of hydrogen-bond donors (Lipinski definition) is 1. The lowest BCUT2D eigenvalue weighted by Gasteiger charge is -2.20. The van der Waals surface area contributed by atoms with Gasteiger partial charge in [0.25, 0.3) is 0 Å². The number of aromatic nitrogens is 1. The lowest BCUT2D eigenvalue weighted by Crippen LogP contribution is -2.14. The summed E-state index contributed by atoms with van der Waals surface area (Å²) in [5, 5.41) is 5.66. The second kappa shape index (κ2) is 9.83. The van der Waals surface area contributed by atoms with Crippen molar-refractivity contribution >= 4 is 22.4 Å². The quantitative estimate of drug-likeness (QED) is 0.684. The summed E-state index contributed by atoms with van der Waals surface area (Å²) in [5.41, 5.74) is 3.24. The molecule has 4 nitrogen and oxygen atoms in total. The molecule has 0 bridgehead atoms. The molecule has 140 valence electrons. The third kappa shape index (κ3) is 5.64. The van der Waals surface area contributed by atoms with E-state index >= 15 is 0 Å². The van der Waals surface area contributed by atoms with Crippen molar-refractivity contribution in [3.05, 3.63) is 35.2 Å². The third-order valence-electron chi connectivity index (χ3n) is 5.10. The molecule has 1 aromatic carbocycles. The summed E-state index contributed by atoms with van der Waals surface area (Å²) in [6.07, 6.45) is 9.11. The maximum Gasteiger partial charge on any atom is 0.226 e. The molecule has 1 aliphatic rings. The van der Waals surface area contributed by atoms with Gasteiger partial charge in [0.05, 0.1) is 12.3 Å². The number of hydrogen-bond acceptors (Lipinski definition) is 4. The molecule has 1 N–H and O–H groups in total. The van der Waals surface area contributed by atoms with E-state index in [2.05, 4.69) is 34.6 Å². The molecule has 5 heteroatoms. The summed E-state index contributed by atoms with van der Waals surface area (Å²) in [7, 11) is 1.72. The predicted molar refractivity (Wildman–Crippen MR) is 108 cm³/mol. The summed E-state index contributed by atoms with van der Waals surface area (Å²) < 4.78 is 5.11. The van der Waals surface area contributed by atoms with Crippen LogP contribution in [0.2, 0.25) is 0 Å². The van der Waals surface area contributed by atoms with Crippen LogP contribution in [-0.4, -0.2) is 24.6 Å². The summed E-state index contributed by atoms with van der Waals surface area (Å²) in [4.78, 5) is 16.8. The van der Waals surface area contributed by atoms with E-state index in [4.69, 9.17) is 4.74 Å². The van der Waals surface area contributed by atoms with Crippen molar-refractivity contribution in [2.75, 3.05) is 19.0 Å². The van der Waals surface area contributed by atoms with Crippen molar-refractivity contribution < 1.29 is 9.53 Å². The van der Waals surface area contributed by atoms with Crippen LogP contribution in [0.5, 0.6) is 0 Å². The molecule has 1 heterocycles. The van der Waals surface area contributed by atoms with E-state index in [1.807, 2.05) is 5.38 Å². The molecule has 1 aliphatic carbocycles. The number of carbonyl (C=O) groups excluding carboxylic acids is 1. The first-order valence-electron chi connectivity index (χ1n) is 9.58. The van der Waals surface area contributed by atoms with Gasteiger partial charge in [0, 0.05) is 24.5 Å². The van der Waals surface area contributed by atoms with Gasteiger partial charge in [-0.05, 0) is 24.3 Å². The van der Waals surface area contributed by atoms with Crippen molar-refractivity contribution in [3.63, 3.8) is 0 Å². The Kier molecular flexibility index (Phi) is 7.21. The Hall–Kier alpha value is -1.72. The first-order chi connectivity index (χ1) is 12.7. The van der Waals surface area contributed by atoms with Crippen molar-refractivity contribution in [2.24, 2.45) is 5.92 Å². The highest BCUT2D eigenvalue weighted by atomic mass is 32.1. The average molecular weight is 373 g/mol. The number of amides is 1. The van der Waals surface area contributed by atoms with E-state index in [0.717, 1.165) is 36.6 Å². The minimum atomic E-state index is 0.0892. The topological polar surface area (TPSA) is 51.2 Å². The van der Waals surface area contributed by atoms with E-state index in [1.165, 1.54) is 49.0 Å². The van der Waals surface area contributed by atoms with Crippen LogP contribution in [0.3, 0.4) is 0 Å². The van der Waals surface area contributed by atoms with Gasteiger partial charge in [-0.1, -0.05) is 56.4 Å². The van der Waals surface area contributed by atoms with Gasteiger partial charge in [-0.3, -0.25) is 4.79 Å². The standard InChI is InChI=1S/C21H28N2O2S/c1-25-14-13-17-7-10-18(11-8-17)19-15-26-21(22-19)23-20(24)12-9-16-5-3-2-4-6-16/h7-8,10-11,15-16H,2-6,9,12-14H2,1H3,(H,22,23,24). The minimum Gasteiger partial charge on any atom is -0.384 e. The highest BCUT2D eigenvalue weighted by Gasteiger charge is 2.15. The number of carbonyl (C=O) groups is 1. The van der Waals surface area contributed by atoms with Crippen LogP contribution in [0.4, 0.5) is 5.13 Å². The monoisotopic (exact) mass is 372 g/mol. The van der Waals surface area contributed by atoms with Crippen molar-refractivity contribution in [3.8, 4) is 11.3 Å². The van der Waals surface area contributed by atoms with Gasteiger partial charge in [0.2, 0.25) is 5.91 Å². The molecule has 2 aromatic rings. The third-order valence-corrected chi connectivity index (χ3v) is 5.86. The molecule has 0 unspecified atom stereocenters. The zero-order chi connectivity index (χ0) is 18.2. The fourth-order valence-electron chi connectivity index (χ4n) is 3.52. The van der Waals surface area contributed by atoms with Crippen LogP contribution in [0.25, 0.3) is 11.3 Å². The van der Waals surface area contributed by atoms with Crippen LogP contribution in [0.1, 0.15) is 50.5 Å². The zero-order valence-electron chi connectivity index (χ0n) is 15.5. The minimum absolute atomic E-state index is 0.0892. The molecule has 0 atom stereocenters. The number of nitrogens with zero attached hydrogens (tertiary/aromatic N) is 1. The average Bonchev–Trinajstić information content (AvgIpc) is 3.14. The smallest absolute Gasteiger partial charge is 0.226 e. The maximum atomic E-state index is 12.2. The summed E-state index contributed by atoms with van der Waals surface area (Å²) in [6.45, 7) is 0.729. The molecule has 0 spiro atoms. The molecule has 1 fully saturated rings. The van der Waals surface area contributed by atoms with Gasteiger partial charge >= 0.3 is 0 Å². The van der Waals surface area contributed by atoms with Crippen LogP contribution in [0, 0.1) is 5.92 Å². The van der Waals surface area contributed by atoms with Crippen molar-refractivity contribution in [2.45, 2.75) is 51.4 Å². The Bertz CT molecular complexity index is 690. The Morgan fingerprint density at radius 2 is 2.00 bits per heavy atom. The molecule has 0 aliphatic heterocycles. The molecule has 1 saturated carbocycles. The second-order valence-electron chi connectivity index (χ2n) is 7.07. The fraction of sp³-hybridized carbons (Fsp3) is 0.524. The summed E-state index contributed by atoms with van der Waals surface area (Å²) >= 11 is 1.49. The van der Waals surface area contributed by atoms with Crippen LogP contribution >= 0.6 is 11.3 Å². The van der Waals surface area contributed by atoms with E-state index in [1.54, 1.807) is 7.11 Å². The first-order valence-corrected chi connectivity index (χ1v) is 10.5. The number of ether oxygens (including phenoxy) is 1. The second-order valence-corrected chi connectivity index (χ2v) is 7.93. The van der Waals surface area contributed by atoms with Crippen LogP contribution in [-0.2, 0) is 16.0 Å². The predicted octanol–water partition coefficient (Wildman–Crippen LogP) is 5.30. The molecular formula is C21H28N2O2S. The molecule has 3 rings (SSSR count). The number of benzene rings is 1. The molecule has 0 saturated heterocycles. The highest BCUT2D eigenvalue weighted by Crippen LogP contribution is 2.28. The fourth-order valence-corrected chi connectivity index (χ4v) is 4.25. The highest BCUT2D eigenvalue weighted by molar-refractivity contribution is 7.14. The van der Waals surface area contributed by atoms with E-state index in [0.29, 0.717) is 11.6 Å². The van der Waals surface area contributed by atoms with Crippen LogP contribution < -0.4 is 5.32 Å². The van der Waals surface area contributed by atoms with Gasteiger partial charge in [-0.15, -0.1) is 11.3 Å². The lowest BCUT2D eigenvalue weighted by atomic mass is 9.86. The van der Waals surface area contributed by atoms with E-state index < -0.39 is 0 Å². The number of rotatable bonds is 8. The Morgan fingerprint density at radius 1 is 1.23 bits per heavy atom. The van der Waals surface area contributed by atoms with Gasteiger partial charge in [0.1, 0.15) is 0 Å². The first kappa shape index (κ1) is 19.1. The van der Waals surface area contributed by atoms with Gasteiger partial charge in [-0.2, -0.15) is 0 Å². The number of thiazole rings is 1. The Morgan fingerprint density at radius 3 is 2.73 bits per heavy atom. The molecule has 26 heavy (non-hydrogen) atoms. The summed E-state index contributed by atoms with van der Waals surface area (Å²) in [5.74, 6) is 0.823. The van der Waals surface area contributed by atoms with Gasteiger partial charge in [-0.25, -0.2) is 4.98 Å². The number of methoxy groups -OCH3 is 1. The Balaban J connectivity index is 1.49. The maximum absolute atomic E-state index is 12.2. The van der Waals surface area contributed by atoms with Gasteiger partial charge in [0.15, 0.2) is 5.13 Å². The van der Waals surface area contributed by atoms with Crippen molar-refractivity contribution in [1.82, 2.24) is 4.98 Å². The molecular weight excluding hydrogens is 344 g/mol. The Labute approximate surface area is 160 Å². The van der Waals surface area contributed by atoms with Gasteiger partial charge < -0.3 is 10.1 Å². The molecule has 1 amide bonds. The lowest BCUT2D eigenvalue weighted by molar-refractivity contribution is -0.116. The van der Waals surface area contributed by atoms with Crippen molar-refractivity contribution in [1.29, 1.82) is 0 Å². The SMILES string of the molecule is COCCc1ccc(-c2csc(NC(=O)CCC3CCCCC3)n2)cc1. The molecule has 0 radical (unpaired) electrons. The number of nitrogens with one attached hydrogen (secondary N) is 1. The van der Waals surface area contributed by atoms with E-state index in [-0.39, 0.29) is 5.91 Å². The van der Waals surface area contributed by atoms with Crippen LogP contribution in [0.15, 0.2) is 29.6 Å². The molecule has 1 aromatic heterocycles. The largest absolute Gasteiger partial charge is 0.384 e. The number of anilines is 1. The van der Waals surface area contributed by atoms with E-state index in [9.17, 15) is 4.79 Å². The summed E-state index contributed by atoms with van der Waals surface area (Å²) in [6, 6.07) is 8.37. The zero-order valence-corrected chi connectivity index (χ0v) is 16.3.